The monoisotopic (exact) mass is 454 g/mol. The number of anilines is 1. The van der Waals surface area contributed by atoms with E-state index in [0.29, 0.717) is 39.7 Å². The van der Waals surface area contributed by atoms with Crippen LogP contribution in [-0.4, -0.2) is 38.6 Å². The van der Waals surface area contributed by atoms with Crippen LogP contribution in [0.5, 0.6) is 0 Å². The van der Waals surface area contributed by atoms with Crippen LogP contribution in [0.25, 0.3) is 27.7 Å². The molecule has 4 aromatic rings. The van der Waals surface area contributed by atoms with Gasteiger partial charge in [-0.05, 0) is 44.0 Å². The minimum absolute atomic E-state index is 0.394. The van der Waals surface area contributed by atoms with Crippen molar-refractivity contribution in [3.63, 3.8) is 0 Å². The van der Waals surface area contributed by atoms with E-state index in [1.807, 2.05) is 32.3 Å². The molecule has 166 valence electrons. The second kappa shape index (κ2) is 6.61. The van der Waals surface area contributed by atoms with E-state index in [0.717, 1.165) is 27.7 Å². The summed E-state index contributed by atoms with van der Waals surface area (Å²) in [5.41, 5.74) is 3.02. The first-order chi connectivity index (χ1) is 15.0. The Hall–Kier alpha value is -3.27. The number of rotatable bonds is 3. The summed E-state index contributed by atoms with van der Waals surface area (Å²) in [6.07, 6.45) is 3.22. The van der Waals surface area contributed by atoms with Gasteiger partial charge >= 0.3 is 0 Å². The topological polar surface area (TPSA) is 94.7 Å². The number of nitrogens with zero attached hydrogens (tertiary/aromatic N) is 5. The third-order valence-electron chi connectivity index (χ3n) is 5.94. The molecule has 1 aliphatic heterocycles. The van der Waals surface area contributed by atoms with E-state index >= 15 is 4.39 Å². The number of hydrogen-bond acceptors (Lipinski definition) is 6. The smallest absolute Gasteiger partial charge is 0.251 e. The molecule has 0 spiro atoms. The number of halogens is 1. The van der Waals surface area contributed by atoms with Crippen molar-refractivity contribution in [3.8, 4) is 16.8 Å². The molecule has 0 aliphatic carbocycles. The van der Waals surface area contributed by atoms with Gasteiger partial charge in [0.05, 0.1) is 34.9 Å². The first kappa shape index (κ1) is 20.6. The maximum Gasteiger partial charge on any atom is 0.251 e. The van der Waals surface area contributed by atoms with E-state index in [9.17, 15) is 8.42 Å². The van der Waals surface area contributed by atoms with Crippen molar-refractivity contribution in [2.24, 2.45) is 0 Å². The fraction of sp³-hybridized carbons (Fsp3) is 0.318. The molecule has 0 atom stereocenters. The van der Waals surface area contributed by atoms with E-state index < -0.39 is 21.4 Å². The highest BCUT2D eigenvalue weighted by molar-refractivity contribution is 7.89. The Bertz CT molecular complexity index is 1520. The number of nitrogens with one attached hydrogen (secondary N) is 1. The molecule has 1 N–H and O–H groups in total. The molecule has 0 saturated carbocycles. The Morgan fingerprint density at radius 3 is 2.66 bits per heavy atom. The van der Waals surface area contributed by atoms with Crippen molar-refractivity contribution in [1.82, 2.24) is 24.0 Å². The van der Waals surface area contributed by atoms with Crippen LogP contribution in [0, 0.1) is 12.7 Å². The Morgan fingerprint density at radius 2 is 1.97 bits per heavy atom. The summed E-state index contributed by atoms with van der Waals surface area (Å²) in [6, 6.07) is 6.64. The molecule has 10 heteroatoms. The van der Waals surface area contributed by atoms with Crippen molar-refractivity contribution in [2.45, 2.75) is 39.7 Å². The van der Waals surface area contributed by atoms with Crippen LogP contribution in [0.3, 0.4) is 0 Å². The van der Waals surface area contributed by atoms with Crippen molar-refractivity contribution >= 4 is 26.6 Å². The standard InChI is InChI=1S/C22H23FN6O2S/c1-6-18-26-27-21-22(3,4)25-16-10-15(23)19(12(2)20(16)28(18)21)13-8-7-9-17-14(13)11-24-29(17)32(5,30)31/h7-11,25H,6H2,1-5H3. The van der Waals surface area contributed by atoms with Gasteiger partial charge in [-0.15, -0.1) is 10.2 Å². The van der Waals surface area contributed by atoms with Gasteiger partial charge in [-0.1, -0.05) is 19.1 Å². The van der Waals surface area contributed by atoms with Crippen LogP contribution >= 0.6 is 0 Å². The lowest BCUT2D eigenvalue weighted by atomic mass is 9.92. The Labute approximate surface area is 185 Å². The summed E-state index contributed by atoms with van der Waals surface area (Å²) < 4.78 is 42.8. The second-order valence-electron chi connectivity index (χ2n) is 8.62. The van der Waals surface area contributed by atoms with E-state index in [4.69, 9.17) is 0 Å². The predicted molar refractivity (Wildman–Crippen MR) is 121 cm³/mol. The maximum absolute atomic E-state index is 15.6. The largest absolute Gasteiger partial charge is 0.371 e. The van der Waals surface area contributed by atoms with Gasteiger partial charge in [0.25, 0.3) is 10.0 Å². The molecule has 5 rings (SSSR count). The number of aryl methyl sites for hydroxylation is 1. The quantitative estimate of drug-likeness (QED) is 0.507. The molecule has 2 aromatic heterocycles. The molecule has 2 aromatic carbocycles. The minimum atomic E-state index is -3.59. The Balaban J connectivity index is 1.84. The van der Waals surface area contributed by atoms with Gasteiger partial charge in [0.15, 0.2) is 5.82 Å². The molecule has 0 bridgehead atoms. The van der Waals surface area contributed by atoms with Gasteiger partial charge in [-0.3, -0.25) is 4.57 Å². The summed E-state index contributed by atoms with van der Waals surface area (Å²) in [7, 11) is -3.59. The second-order valence-corrected chi connectivity index (χ2v) is 10.4. The molecule has 0 unspecified atom stereocenters. The summed E-state index contributed by atoms with van der Waals surface area (Å²) in [5.74, 6) is 1.14. The zero-order valence-electron chi connectivity index (χ0n) is 18.4. The van der Waals surface area contributed by atoms with Gasteiger partial charge in [-0.25, -0.2) is 12.8 Å². The van der Waals surface area contributed by atoms with Crippen LogP contribution in [0.2, 0.25) is 0 Å². The Kier molecular flexibility index (Phi) is 4.26. The van der Waals surface area contributed by atoms with Crippen molar-refractivity contribution < 1.29 is 12.8 Å². The fourth-order valence-corrected chi connectivity index (χ4v) is 5.30. The zero-order chi connectivity index (χ0) is 23.0. The summed E-state index contributed by atoms with van der Waals surface area (Å²) >= 11 is 0. The first-order valence-electron chi connectivity index (χ1n) is 10.3. The van der Waals surface area contributed by atoms with Gasteiger partial charge < -0.3 is 5.32 Å². The van der Waals surface area contributed by atoms with E-state index in [-0.39, 0.29) is 0 Å². The third-order valence-corrected chi connectivity index (χ3v) is 6.85. The number of aromatic nitrogens is 5. The van der Waals surface area contributed by atoms with E-state index in [1.165, 1.54) is 12.3 Å². The lowest BCUT2D eigenvalue weighted by molar-refractivity contribution is 0.531. The highest BCUT2D eigenvalue weighted by Gasteiger charge is 2.36. The van der Waals surface area contributed by atoms with Crippen LogP contribution < -0.4 is 5.32 Å². The van der Waals surface area contributed by atoms with Gasteiger partial charge in [0.1, 0.15) is 11.6 Å². The number of benzene rings is 2. The normalized spacial score (nSPS) is 14.8. The molecule has 8 nitrogen and oxygen atoms in total. The van der Waals surface area contributed by atoms with Crippen molar-refractivity contribution in [3.05, 3.63) is 53.5 Å². The average molecular weight is 455 g/mol. The molecule has 0 amide bonds. The lowest BCUT2D eigenvalue weighted by Gasteiger charge is -2.35. The summed E-state index contributed by atoms with van der Waals surface area (Å²) in [5, 5.41) is 16.8. The Morgan fingerprint density at radius 1 is 1.22 bits per heavy atom. The third kappa shape index (κ3) is 2.78. The highest BCUT2D eigenvalue weighted by atomic mass is 32.2. The molecule has 0 saturated heterocycles. The van der Waals surface area contributed by atoms with Crippen LogP contribution in [0.1, 0.15) is 38.0 Å². The number of hydrogen-bond donors (Lipinski definition) is 1. The fourth-order valence-electron chi connectivity index (χ4n) is 4.57. The molecule has 0 radical (unpaired) electrons. The molecule has 3 heterocycles. The average Bonchev–Trinajstić information content (AvgIpc) is 3.32. The first-order valence-corrected chi connectivity index (χ1v) is 12.1. The molecular formula is C22H23FN6O2S. The van der Waals surface area contributed by atoms with Crippen LogP contribution in [-0.2, 0) is 22.0 Å². The van der Waals surface area contributed by atoms with E-state index in [1.54, 1.807) is 18.2 Å². The predicted octanol–water partition coefficient (Wildman–Crippen LogP) is 3.76. The highest BCUT2D eigenvalue weighted by Crippen LogP contribution is 2.44. The lowest BCUT2D eigenvalue weighted by Crippen LogP contribution is -2.36. The molecular weight excluding hydrogens is 431 g/mol. The van der Waals surface area contributed by atoms with Gasteiger partial charge in [0, 0.05) is 17.4 Å². The molecule has 1 aliphatic rings. The summed E-state index contributed by atoms with van der Waals surface area (Å²) in [6.45, 7) is 7.83. The van der Waals surface area contributed by atoms with Gasteiger partial charge in [0.2, 0.25) is 0 Å². The minimum Gasteiger partial charge on any atom is -0.371 e. The maximum atomic E-state index is 15.6. The molecule has 0 fully saturated rings. The van der Waals surface area contributed by atoms with Gasteiger partial charge in [-0.2, -0.15) is 9.19 Å². The number of fused-ring (bicyclic) bond motifs is 4. The molecule has 32 heavy (non-hydrogen) atoms. The van der Waals surface area contributed by atoms with Crippen LogP contribution in [0.15, 0.2) is 30.5 Å². The van der Waals surface area contributed by atoms with Crippen LogP contribution in [0.4, 0.5) is 10.1 Å². The van der Waals surface area contributed by atoms with Crippen molar-refractivity contribution in [2.75, 3.05) is 11.6 Å². The van der Waals surface area contributed by atoms with E-state index in [2.05, 4.69) is 20.6 Å². The zero-order valence-corrected chi connectivity index (χ0v) is 19.2. The van der Waals surface area contributed by atoms with Crippen molar-refractivity contribution in [1.29, 1.82) is 0 Å². The summed E-state index contributed by atoms with van der Waals surface area (Å²) in [4.78, 5) is 0. The SMILES string of the molecule is CCc1nnc2n1-c1c(cc(F)c(-c3cccc4c3cnn4S(C)(=O)=O)c1C)NC2(C)C.